The van der Waals surface area contributed by atoms with Gasteiger partial charge in [0.05, 0.1) is 10.6 Å². The van der Waals surface area contributed by atoms with Gasteiger partial charge in [-0.05, 0) is 36.6 Å². The van der Waals surface area contributed by atoms with Gasteiger partial charge in [0.15, 0.2) is 5.13 Å². The zero-order valence-electron chi connectivity index (χ0n) is 14.8. The monoisotopic (exact) mass is 394 g/mol. The number of hydrogen-bond acceptors (Lipinski definition) is 6. The van der Waals surface area contributed by atoms with E-state index in [0.29, 0.717) is 13.0 Å². The molecule has 3 rings (SSSR count). The first-order valence-corrected chi connectivity index (χ1v) is 10.8. The van der Waals surface area contributed by atoms with E-state index in [4.69, 9.17) is 0 Å². The Hall–Kier alpha value is -1.97. The lowest BCUT2D eigenvalue weighted by Crippen LogP contribution is -2.33. The number of anilines is 2. The van der Waals surface area contributed by atoms with Gasteiger partial charge in [0, 0.05) is 44.5 Å². The first-order valence-electron chi connectivity index (χ1n) is 8.43. The van der Waals surface area contributed by atoms with Crippen molar-refractivity contribution in [2.45, 2.75) is 31.1 Å². The van der Waals surface area contributed by atoms with Crippen LogP contribution in [0.25, 0.3) is 0 Å². The molecule has 0 aliphatic carbocycles. The number of nitrogens with zero attached hydrogens (tertiary/aromatic N) is 2. The minimum absolute atomic E-state index is 0.0242. The minimum Gasteiger partial charge on any atom is -0.365 e. The van der Waals surface area contributed by atoms with E-state index in [9.17, 15) is 13.2 Å². The molecular formula is C17H22N4O3S2. The molecule has 0 spiro atoms. The second-order valence-corrected chi connectivity index (χ2v) is 8.73. The van der Waals surface area contributed by atoms with Gasteiger partial charge in [0.25, 0.3) is 0 Å². The van der Waals surface area contributed by atoms with E-state index < -0.39 is 10.0 Å². The standard InChI is InChI=1S/C17H22N4O3S2/c1-12(22)21-9-3-4-13-10-15(5-6-16(13)21)26(23,24)19-8-7-14-11-25-17(18-2)20-14/h5-6,10-11,19H,3-4,7-9H2,1-2H3,(H,18,20). The molecule has 1 aliphatic rings. The van der Waals surface area contributed by atoms with Crippen LogP contribution in [-0.2, 0) is 27.7 Å². The van der Waals surface area contributed by atoms with E-state index in [1.807, 2.05) is 5.38 Å². The predicted octanol–water partition coefficient (Wildman–Crippen LogP) is 2.00. The number of aromatic nitrogens is 1. The van der Waals surface area contributed by atoms with E-state index in [1.165, 1.54) is 18.3 Å². The third-order valence-corrected chi connectivity index (χ3v) is 6.67. The molecule has 7 nitrogen and oxygen atoms in total. The highest BCUT2D eigenvalue weighted by Gasteiger charge is 2.22. The highest BCUT2D eigenvalue weighted by molar-refractivity contribution is 7.89. The van der Waals surface area contributed by atoms with Crippen molar-refractivity contribution in [3.8, 4) is 0 Å². The normalized spacial score (nSPS) is 14.2. The number of fused-ring (bicyclic) bond motifs is 1. The Bertz CT molecular complexity index is 908. The summed E-state index contributed by atoms with van der Waals surface area (Å²) in [6.45, 7) is 2.49. The number of aryl methyl sites for hydroxylation is 1. The van der Waals surface area contributed by atoms with Crippen molar-refractivity contribution in [1.82, 2.24) is 9.71 Å². The fourth-order valence-corrected chi connectivity index (χ4v) is 4.79. The van der Waals surface area contributed by atoms with Crippen LogP contribution in [0.2, 0.25) is 0 Å². The van der Waals surface area contributed by atoms with E-state index >= 15 is 0 Å². The SMILES string of the molecule is CNc1nc(CCNS(=O)(=O)c2ccc3c(c2)CCCN3C(C)=O)cs1. The van der Waals surface area contributed by atoms with E-state index in [1.54, 1.807) is 30.1 Å². The first-order chi connectivity index (χ1) is 12.4. The van der Waals surface area contributed by atoms with Gasteiger partial charge >= 0.3 is 0 Å². The van der Waals surface area contributed by atoms with Crippen LogP contribution in [0.1, 0.15) is 24.6 Å². The summed E-state index contributed by atoms with van der Waals surface area (Å²) < 4.78 is 27.8. The maximum atomic E-state index is 12.6. The fourth-order valence-electron chi connectivity index (χ4n) is 3.00. The van der Waals surface area contributed by atoms with Crippen LogP contribution >= 0.6 is 11.3 Å². The molecule has 140 valence electrons. The number of thiazole rings is 1. The van der Waals surface area contributed by atoms with Gasteiger partial charge in [0.2, 0.25) is 15.9 Å². The Kier molecular flexibility index (Phi) is 5.59. The molecule has 0 saturated carbocycles. The molecule has 0 atom stereocenters. The second-order valence-electron chi connectivity index (χ2n) is 6.11. The van der Waals surface area contributed by atoms with Gasteiger partial charge in [0.1, 0.15) is 0 Å². The van der Waals surface area contributed by atoms with Gasteiger partial charge < -0.3 is 10.2 Å². The molecule has 2 aromatic rings. The average molecular weight is 395 g/mol. The lowest BCUT2D eigenvalue weighted by Gasteiger charge is -2.28. The number of hydrogen-bond donors (Lipinski definition) is 2. The van der Waals surface area contributed by atoms with Crippen LogP contribution in [0.15, 0.2) is 28.5 Å². The molecule has 0 fully saturated rings. The zero-order valence-corrected chi connectivity index (χ0v) is 16.4. The zero-order chi connectivity index (χ0) is 18.7. The predicted molar refractivity (Wildman–Crippen MR) is 103 cm³/mol. The second kappa shape index (κ2) is 7.73. The highest BCUT2D eigenvalue weighted by Crippen LogP contribution is 2.29. The number of carbonyl (C=O) groups excluding carboxylic acids is 1. The molecule has 1 aromatic carbocycles. The quantitative estimate of drug-likeness (QED) is 0.782. The van der Waals surface area contributed by atoms with Crippen LogP contribution in [0.5, 0.6) is 0 Å². The molecule has 0 radical (unpaired) electrons. The van der Waals surface area contributed by atoms with E-state index in [2.05, 4.69) is 15.0 Å². The van der Waals surface area contributed by atoms with Gasteiger partial charge in [-0.2, -0.15) is 0 Å². The Morgan fingerprint density at radius 1 is 1.38 bits per heavy atom. The van der Waals surface area contributed by atoms with Crippen LogP contribution in [0.4, 0.5) is 10.8 Å². The third kappa shape index (κ3) is 4.05. The van der Waals surface area contributed by atoms with Crippen molar-refractivity contribution in [3.63, 3.8) is 0 Å². The average Bonchev–Trinajstić information content (AvgIpc) is 3.08. The largest absolute Gasteiger partial charge is 0.365 e. The topological polar surface area (TPSA) is 91.4 Å². The molecule has 1 aromatic heterocycles. The van der Waals surface area contributed by atoms with Crippen LogP contribution < -0.4 is 14.9 Å². The molecule has 26 heavy (non-hydrogen) atoms. The summed E-state index contributed by atoms with van der Waals surface area (Å²) >= 11 is 1.49. The number of rotatable bonds is 6. The van der Waals surface area contributed by atoms with Crippen molar-refractivity contribution in [2.75, 3.05) is 30.4 Å². The molecular weight excluding hydrogens is 372 g/mol. The molecule has 0 unspecified atom stereocenters. The van der Waals surface area contributed by atoms with Crippen molar-refractivity contribution in [2.24, 2.45) is 0 Å². The summed E-state index contributed by atoms with van der Waals surface area (Å²) in [6, 6.07) is 4.96. The molecule has 2 N–H and O–H groups in total. The number of benzene rings is 1. The van der Waals surface area contributed by atoms with Crippen LogP contribution in [0.3, 0.4) is 0 Å². The summed E-state index contributed by atoms with van der Waals surface area (Å²) in [5.74, 6) is -0.0242. The maximum Gasteiger partial charge on any atom is 0.240 e. The van der Waals surface area contributed by atoms with Gasteiger partial charge in [-0.15, -0.1) is 11.3 Å². The maximum absolute atomic E-state index is 12.6. The number of nitrogens with one attached hydrogen (secondary N) is 2. The molecule has 0 bridgehead atoms. The van der Waals surface area contributed by atoms with Crippen molar-refractivity contribution in [1.29, 1.82) is 0 Å². The van der Waals surface area contributed by atoms with Gasteiger partial charge in [-0.25, -0.2) is 18.1 Å². The Labute approximate surface area is 157 Å². The summed E-state index contributed by atoms with van der Waals surface area (Å²) in [5.41, 5.74) is 2.56. The summed E-state index contributed by atoms with van der Waals surface area (Å²) in [6.07, 6.45) is 2.13. The van der Waals surface area contributed by atoms with Crippen molar-refractivity contribution < 1.29 is 13.2 Å². The summed E-state index contributed by atoms with van der Waals surface area (Å²) in [5, 5.41) is 5.69. The fraction of sp³-hybridized carbons (Fsp3) is 0.412. The van der Waals surface area contributed by atoms with E-state index in [0.717, 1.165) is 34.9 Å². The van der Waals surface area contributed by atoms with Crippen molar-refractivity contribution in [3.05, 3.63) is 34.8 Å². The highest BCUT2D eigenvalue weighted by atomic mass is 32.2. The van der Waals surface area contributed by atoms with Crippen LogP contribution in [-0.4, -0.2) is 39.4 Å². The van der Waals surface area contributed by atoms with Gasteiger partial charge in [-0.1, -0.05) is 0 Å². The van der Waals surface area contributed by atoms with E-state index in [-0.39, 0.29) is 17.3 Å². The number of carbonyl (C=O) groups is 1. The summed E-state index contributed by atoms with van der Waals surface area (Å²) in [4.78, 5) is 18.0. The lowest BCUT2D eigenvalue weighted by molar-refractivity contribution is -0.116. The molecule has 1 aliphatic heterocycles. The first kappa shape index (κ1) is 18.8. The number of amides is 1. The van der Waals surface area contributed by atoms with Crippen LogP contribution in [0, 0.1) is 0 Å². The van der Waals surface area contributed by atoms with Gasteiger partial charge in [-0.3, -0.25) is 4.79 Å². The minimum atomic E-state index is -3.59. The molecule has 1 amide bonds. The summed E-state index contributed by atoms with van der Waals surface area (Å²) in [7, 11) is -1.79. The molecule has 9 heteroatoms. The lowest BCUT2D eigenvalue weighted by atomic mass is 10.0. The number of sulfonamides is 1. The molecule has 0 saturated heterocycles. The smallest absolute Gasteiger partial charge is 0.240 e. The van der Waals surface area contributed by atoms with Crippen molar-refractivity contribution >= 4 is 38.1 Å². The molecule has 2 heterocycles. The Morgan fingerprint density at radius 2 is 2.19 bits per heavy atom. The Morgan fingerprint density at radius 3 is 2.88 bits per heavy atom. The Balaban J connectivity index is 1.70. The third-order valence-electron chi connectivity index (χ3n) is 4.30.